The van der Waals surface area contributed by atoms with Crippen molar-refractivity contribution in [1.29, 1.82) is 0 Å². The Bertz CT molecular complexity index is 1360. The maximum Gasteiger partial charge on any atom is 0.202 e. The number of hydrogen-bond donors (Lipinski definition) is 3. The summed E-state index contributed by atoms with van der Waals surface area (Å²) in [6.07, 6.45) is 7.64. The molecule has 2 fully saturated rings. The number of benzene rings is 1. The fourth-order valence-corrected chi connectivity index (χ4v) is 4.94. The SMILES string of the molecule is N/N=C(/c1cc(-c2cnn(C3CCOCC3)c2)cnc1N)N(N)c1ccc(OCCCN2CCOCC2)c(F)c1F. The number of hydrazone groups is 1. The van der Waals surface area contributed by atoms with Crippen LogP contribution in [-0.2, 0) is 9.47 Å². The summed E-state index contributed by atoms with van der Waals surface area (Å²) in [6.45, 7) is 5.47. The van der Waals surface area contributed by atoms with E-state index in [1.54, 1.807) is 18.5 Å². The highest BCUT2D eigenvalue weighted by molar-refractivity contribution is 6.12. The van der Waals surface area contributed by atoms with Gasteiger partial charge < -0.3 is 25.8 Å². The third kappa shape index (κ3) is 6.56. The smallest absolute Gasteiger partial charge is 0.202 e. The van der Waals surface area contributed by atoms with E-state index in [9.17, 15) is 4.39 Å². The molecule has 1 aromatic carbocycles. The van der Waals surface area contributed by atoms with Crippen LogP contribution in [0, 0.1) is 11.6 Å². The zero-order valence-electron chi connectivity index (χ0n) is 22.7. The minimum atomic E-state index is -1.21. The van der Waals surface area contributed by atoms with E-state index in [1.165, 1.54) is 12.1 Å². The Kier molecular flexibility index (Phi) is 9.24. The van der Waals surface area contributed by atoms with Gasteiger partial charge in [0.2, 0.25) is 5.82 Å². The number of ether oxygens (including phenoxy) is 3. The van der Waals surface area contributed by atoms with Gasteiger partial charge in [-0.15, -0.1) is 0 Å². The number of nitrogens with zero attached hydrogens (tertiary/aromatic N) is 6. The highest BCUT2D eigenvalue weighted by Crippen LogP contribution is 2.30. The summed E-state index contributed by atoms with van der Waals surface area (Å²) in [5.41, 5.74) is 7.54. The molecule has 220 valence electrons. The third-order valence-corrected chi connectivity index (χ3v) is 7.28. The molecule has 0 spiro atoms. The predicted molar refractivity (Wildman–Crippen MR) is 150 cm³/mol. The summed E-state index contributed by atoms with van der Waals surface area (Å²) in [5.74, 6) is 9.25. The van der Waals surface area contributed by atoms with Crippen LogP contribution in [0.1, 0.15) is 30.9 Å². The van der Waals surface area contributed by atoms with Crippen molar-refractivity contribution in [2.24, 2.45) is 16.8 Å². The zero-order chi connectivity index (χ0) is 28.8. The van der Waals surface area contributed by atoms with E-state index in [2.05, 4.69) is 20.1 Å². The Morgan fingerprint density at radius 3 is 2.59 bits per heavy atom. The number of hydrazine groups is 1. The van der Waals surface area contributed by atoms with Crippen molar-refractivity contribution < 1.29 is 23.0 Å². The van der Waals surface area contributed by atoms with Crippen molar-refractivity contribution in [2.45, 2.75) is 25.3 Å². The highest BCUT2D eigenvalue weighted by Gasteiger charge is 2.24. The fourth-order valence-electron chi connectivity index (χ4n) is 4.94. The number of aromatic nitrogens is 3. The predicted octanol–water partition coefficient (Wildman–Crippen LogP) is 2.26. The van der Waals surface area contributed by atoms with Crippen LogP contribution in [-0.4, -0.2) is 78.2 Å². The molecular weight excluding hydrogens is 536 g/mol. The van der Waals surface area contributed by atoms with Crippen LogP contribution in [0.4, 0.5) is 20.3 Å². The molecule has 2 aliphatic heterocycles. The van der Waals surface area contributed by atoms with Crippen molar-refractivity contribution >= 4 is 17.3 Å². The molecule has 2 aliphatic rings. The maximum atomic E-state index is 15.2. The van der Waals surface area contributed by atoms with Gasteiger partial charge in [0.1, 0.15) is 5.82 Å². The first-order valence-electron chi connectivity index (χ1n) is 13.6. The number of halogens is 2. The summed E-state index contributed by atoms with van der Waals surface area (Å²) in [5, 5.41) is 9.07. The first-order valence-corrected chi connectivity index (χ1v) is 13.6. The van der Waals surface area contributed by atoms with Gasteiger partial charge in [-0.25, -0.2) is 15.2 Å². The summed E-state index contributed by atoms with van der Waals surface area (Å²) >= 11 is 0. The molecule has 3 aromatic rings. The molecule has 0 aliphatic carbocycles. The molecule has 0 atom stereocenters. The highest BCUT2D eigenvalue weighted by atomic mass is 19.2. The van der Waals surface area contributed by atoms with E-state index in [4.69, 9.17) is 31.6 Å². The van der Waals surface area contributed by atoms with Gasteiger partial charge in [0.25, 0.3) is 0 Å². The van der Waals surface area contributed by atoms with Crippen LogP contribution < -0.4 is 27.2 Å². The second kappa shape index (κ2) is 13.2. The molecule has 0 saturated carbocycles. The molecular formula is C27H35F2N9O3. The minimum Gasteiger partial charge on any atom is -0.490 e. The lowest BCUT2D eigenvalue weighted by Gasteiger charge is -2.26. The molecule has 2 saturated heterocycles. The van der Waals surface area contributed by atoms with Gasteiger partial charge in [0.05, 0.1) is 43.3 Å². The Labute approximate surface area is 236 Å². The van der Waals surface area contributed by atoms with Crippen LogP contribution in [0.15, 0.2) is 41.9 Å². The average Bonchev–Trinajstić information content (AvgIpc) is 3.50. The molecule has 12 nitrogen and oxygen atoms in total. The number of anilines is 2. The second-order valence-electron chi connectivity index (χ2n) is 9.90. The fraction of sp³-hybridized carbons (Fsp3) is 0.444. The van der Waals surface area contributed by atoms with Gasteiger partial charge in [-0.3, -0.25) is 14.6 Å². The quantitative estimate of drug-likeness (QED) is 0.114. The van der Waals surface area contributed by atoms with E-state index in [0.717, 1.165) is 43.0 Å². The third-order valence-electron chi connectivity index (χ3n) is 7.28. The van der Waals surface area contributed by atoms with Crippen molar-refractivity contribution in [3.05, 3.63) is 54.0 Å². The molecule has 0 amide bonds. The summed E-state index contributed by atoms with van der Waals surface area (Å²) in [4.78, 5) is 6.49. The van der Waals surface area contributed by atoms with Gasteiger partial charge in [-0.1, -0.05) is 0 Å². The lowest BCUT2D eigenvalue weighted by atomic mass is 10.1. The zero-order valence-corrected chi connectivity index (χ0v) is 22.7. The first kappa shape index (κ1) is 28.7. The van der Waals surface area contributed by atoms with E-state index in [0.29, 0.717) is 38.4 Å². The Hall–Kier alpha value is -3.85. The van der Waals surface area contributed by atoms with Crippen molar-refractivity contribution in [1.82, 2.24) is 19.7 Å². The Balaban J connectivity index is 1.29. The van der Waals surface area contributed by atoms with Gasteiger partial charge >= 0.3 is 0 Å². The van der Waals surface area contributed by atoms with Crippen LogP contribution in [0.25, 0.3) is 11.1 Å². The van der Waals surface area contributed by atoms with Crippen molar-refractivity contribution in [2.75, 3.05) is 63.4 Å². The Morgan fingerprint density at radius 2 is 1.83 bits per heavy atom. The van der Waals surface area contributed by atoms with Crippen LogP contribution >= 0.6 is 0 Å². The van der Waals surface area contributed by atoms with Gasteiger partial charge in [-0.05, 0) is 37.5 Å². The molecule has 5 rings (SSSR count). The normalized spacial score (nSPS) is 17.1. The molecule has 0 radical (unpaired) electrons. The monoisotopic (exact) mass is 571 g/mol. The molecule has 41 heavy (non-hydrogen) atoms. The topological polar surface area (TPSA) is 155 Å². The standard InChI is InChI=1S/C27H35F2N9O3/c28-24-22(2-3-23(25(24)29)41-9-1-6-36-7-12-40-13-8-36)38(32)27(35-31)21-14-18(15-33-26(21)30)19-16-34-37(17-19)20-4-10-39-11-5-20/h2-3,14-17,20H,1,4-13,31-32H2,(H2,30,33)/b35-27-. The summed E-state index contributed by atoms with van der Waals surface area (Å²) in [7, 11) is 0. The molecule has 2 aromatic heterocycles. The first-order chi connectivity index (χ1) is 20.0. The van der Waals surface area contributed by atoms with Gasteiger partial charge in [0, 0.05) is 56.4 Å². The van der Waals surface area contributed by atoms with Crippen LogP contribution in [0.5, 0.6) is 5.75 Å². The number of nitrogen functional groups attached to an aromatic ring is 1. The van der Waals surface area contributed by atoms with Crippen molar-refractivity contribution in [3.63, 3.8) is 0 Å². The minimum absolute atomic E-state index is 0.0614. The van der Waals surface area contributed by atoms with E-state index in [-0.39, 0.29) is 41.3 Å². The largest absolute Gasteiger partial charge is 0.490 e. The molecule has 14 heteroatoms. The number of morpholine rings is 1. The number of pyridine rings is 1. The molecule has 0 unspecified atom stereocenters. The van der Waals surface area contributed by atoms with Gasteiger partial charge in [-0.2, -0.15) is 14.6 Å². The number of hydrogen-bond acceptors (Lipinski definition) is 10. The number of amidine groups is 1. The average molecular weight is 572 g/mol. The molecule has 0 bridgehead atoms. The number of nitrogens with two attached hydrogens (primary N) is 3. The van der Waals surface area contributed by atoms with E-state index < -0.39 is 11.6 Å². The van der Waals surface area contributed by atoms with Crippen molar-refractivity contribution in [3.8, 4) is 16.9 Å². The van der Waals surface area contributed by atoms with Crippen LogP contribution in [0.2, 0.25) is 0 Å². The summed E-state index contributed by atoms with van der Waals surface area (Å²) < 4.78 is 48.3. The van der Waals surface area contributed by atoms with E-state index in [1.807, 2.05) is 10.9 Å². The lowest BCUT2D eigenvalue weighted by Crippen LogP contribution is -2.40. The second-order valence-corrected chi connectivity index (χ2v) is 9.90. The Morgan fingerprint density at radius 1 is 1.07 bits per heavy atom. The number of rotatable bonds is 9. The molecule has 4 heterocycles. The van der Waals surface area contributed by atoms with E-state index >= 15 is 4.39 Å². The maximum absolute atomic E-state index is 15.2. The molecule has 6 N–H and O–H groups in total. The van der Waals surface area contributed by atoms with Gasteiger partial charge in [0.15, 0.2) is 17.4 Å². The summed E-state index contributed by atoms with van der Waals surface area (Å²) in [6, 6.07) is 4.54. The van der Waals surface area contributed by atoms with Crippen LogP contribution in [0.3, 0.4) is 0 Å². The lowest BCUT2D eigenvalue weighted by molar-refractivity contribution is 0.0357.